The van der Waals surface area contributed by atoms with Crippen molar-refractivity contribution < 1.29 is 67.0 Å². The molecule has 192 valence electrons. The fraction of sp³-hybridized carbons (Fsp3) is 0.750. The van der Waals surface area contributed by atoms with Crippen molar-refractivity contribution in [1.82, 2.24) is 0 Å². The summed E-state index contributed by atoms with van der Waals surface area (Å²) in [5.41, 5.74) is 0. The fourth-order valence-corrected chi connectivity index (χ4v) is 3.48. The van der Waals surface area contributed by atoms with E-state index in [0.717, 1.165) is 34.6 Å². The summed E-state index contributed by atoms with van der Waals surface area (Å²) >= 11 is 0. The van der Waals surface area contributed by atoms with Gasteiger partial charge in [-0.15, -0.1) is 0 Å². The Labute approximate surface area is 194 Å². The van der Waals surface area contributed by atoms with Crippen LogP contribution in [-0.2, 0) is 61.9 Å². The lowest BCUT2D eigenvalue weighted by molar-refractivity contribution is -0.298. The first-order valence-electron chi connectivity index (χ1n) is 10.3. The highest BCUT2D eigenvalue weighted by Gasteiger charge is 2.54. The van der Waals surface area contributed by atoms with Gasteiger partial charge in [-0.2, -0.15) is 0 Å². The predicted octanol–water partition coefficient (Wildman–Crippen LogP) is -1.26. The summed E-state index contributed by atoms with van der Waals surface area (Å²) in [6.45, 7) is 4.89. The number of ether oxygens (including phenoxy) is 8. The van der Waals surface area contributed by atoms with Crippen LogP contribution in [-0.4, -0.2) is 97.4 Å². The summed E-state index contributed by atoms with van der Waals surface area (Å²) < 4.78 is 42.4. The number of aliphatic hydroxyl groups excluding tert-OH is 1. The molecule has 0 amide bonds. The summed E-state index contributed by atoms with van der Waals surface area (Å²) in [4.78, 5) is 57.8. The van der Waals surface area contributed by atoms with E-state index in [1.807, 2.05) is 0 Å². The van der Waals surface area contributed by atoms with Crippen molar-refractivity contribution >= 4 is 29.8 Å². The van der Waals surface area contributed by atoms with Gasteiger partial charge in [0.25, 0.3) is 0 Å². The van der Waals surface area contributed by atoms with Gasteiger partial charge in [-0.1, -0.05) is 0 Å². The Bertz CT molecular complexity index is 781. The molecular formula is C20H28O14. The van der Waals surface area contributed by atoms with Gasteiger partial charge in [0.05, 0.1) is 6.61 Å². The summed E-state index contributed by atoms with van der Waals surface area (Å²) in [5, 5.41) is 10.1. The molecule has 2 aliphatic rings. The van der Waals surface area contributed by atoms with Gasteiger partial charge in [0.15, 0.2) is 37.0 Å². The average molecular weight is 492 g/mol. The maximum atomic E-state index is 11.7. The summed E-state index contributed by atoms with van der Waals surface area (Å²) in [5.74, 6) is -3.66. The molecule has 2 aliphatic heterocycles. The molecule has 2 heterocycles. The fourth-order valence-electron chi connectivity index (χ4n) is 3.48. The summed E-state index contributed by atoms with van der Waals surface area (Å²) in [7, 11) is 0. The molecule has 34 heavy (non-hydrogen) atoms. The first kappa shape index (κ1) is 27.4. The van der Waals surface area contributed by atoms with Crippen LogP contribution < -0.4 is 0 Å². The minimum Gasteiger partial charge on any atom is -0.463 e. The van der Waals surface area contributed by atoms with Crippen molar-refractivity contribution in [3.8, 4) is 0 Å². The molecule has 8 atom stereocenters. The number of hydrogen-bond donors (Lipinski definition) is 1. The lowest BCUT2D eigenvalue weighted by Gasteiger charge is -2.40. The Balaban J connectivity index is 2.31. The Hall–Kier alpha value is -2.81. The molecule has 0 bridgehead atoms. The van der Waals surface area contributed by atoms with Gasteiger partial charge in [-0.3, -0.25) is 24.0 Å². The van der Waals surface area contributed by atoms with Gasteiger partial charge in [0.2, 0.25) is 0 Å². The van der Waals surface area contributed by atoms with E-state index in [9.17, 15) is 29.1 Å². The van der Waals surface area contributed by atoms with Crippen molar-refractivity contribution in [2.45, 2.75) is 83.8 Å². The maximum absolute atomic E-state index is 11.7. The number of hydrogen-bond acceptors (Lipinski definition) is 14. The number of carbonyl (C=O) groups is 5. The Morgan fingerprint density at radius 3 is 1.76 bits per heavy atom. The third-order valence-electron chi connectivity index (χ3n) is 4.64. The molecule has 0 unspecified atom stereocenters. The Morgan fingerprint density at radius 1 is 0.735 bits per heavy atom. The zero-order chi connectivity index (χ0) is 25.6. The third-order valence-corrected chi connectivity index (χ3v) is 4.64. The topological polar surface area (TPSA) is 179 Å². The van der Waals surface area contributed by atoms with Crippen molar-refractivity contribution in [1.29, 1.82) is 0 Å². The maximum Gasteiger partial charge on any atom is 0.303 e. The number of esters is 5. The third kappa shape index (κ3) is 7.62. The largest absolute Gasteiger partial charge is 0.463 e. The molecule has 0 aliphatic carbocycles. The molecule has 14 heteroatoms. The molecule has 14 nitrogen and oxygen atoms in total. The van der Waals surface area contributed by atoms with Crippen molar-refractivity contribution in [2.75, 3.05) is 13.2 Å². The molecule has 1 N–H and O–H groups in total. The molecule has 0 aromatic heterocycles. The predicted molar refractivity (Wildman–Crippen MR) is 104 cm³/mol. The zero-order valence-corrected chi connectivity index (χ0v) is 19.3. The van der Waals surface area contributed by atoms with E-state index in [4.69, 9.17) is 37.9 Å². The molecule has 2 rings (SSSR count). The van der Waals surface area contributed by atoms with Gasteiger partial charge < -0.3 is 43.0 Å². The van der Waals surface area contributed by atoms with E-state index in [1.54, 1.807) is 0 Å². The molecule has 0 aromatic rings. The van der Waals surface area contributed by atoms with Gasteiger partial charge >= 0.3 is 29.8 Å². The van der Waals surface area contributed by atoms with Crippen molar-refractivity contribution in [2.24, 2.45) is 0 Å². The van der Waals surface area contributed by atoms with E-state index in [2.05, 4.69) is 0 Å². The summed E-state index contributed by atoms with van der Waals surface area (Å²) in [6.07, 6.45) is -10.6. The zero-order valence-electron chi connectivity index (χ0n) is 19.3. The normalized spacial score (nSPS) is 32.9. The van der Waals surface area contributed by atoms with E-state index in [0.29, 0.717) is 0 Å². The second-order valence-electron chi connectivity index (χ2n) is 7.54. The van der Waals surface area contributed by atoms with Crippen LogP contribution in [0.1, 0.15) is 34.6 Å². The van der Waals surface area contributed by atoms with E-state index in [1.165, 1.54) is 0 Å². The molecule has 0 aromatic carbocycles. The van der Waals surface area contributed by atoms with Crippen molar-refractivity contribution in [3.63, 3.8) is 0 Å². The van der Waals surface area contributed by atoms with Crippen molar-refractivity contribution in [3.05, 3.63) is 0 Å². The van der Waals surface area contributed by atoms with E-state index >= 15 is 0 Å². The van der Waals surface area contributed by atoms with Gasteiger partial charge in [0, 0.05) is 34.6 Å². The van der Waals surface area contributed by atoms with Gasteiger partial charge in [-0.05, 0) is 0 Å². The monoisotopic (exact) mass is 492 g/mol. The minimum atomic E-state index is -1.62. The van der Waals surface area contributed by atoms with Crippen LogP contribution in [0.15, 0.2) is 0 Å². The second-order valence-corrected chi connectivity index (χ2v) is 7.54. The molecule has 2 fully saturated rings. The molecule has 2 saturated heterocycles. The number of aliphatic hydroxyl groups is 1. The van der Waals surface area contributed by atoms with Crippen LogP contribution in [0.4, 0.5) is 0 Å². The van der Waals surface area contributed by atoms with Gasteiger partial charge in [0.1, 0.15) is 18.8 Å². The SMILES string of the molecule is CC(=O)OC[C@H]1O[C@@H](O[C@H]2CO[C@@H](O)[C@H](OC(C)=O)[C@@H]2OC(C)=O)[C@@H](OC(C)=O)[C@H]1OC(C)=O. The highest BCUT2D eigenvalue weighted by molar-refractivity contribution is 5.68. The second kappa shape index (κ2) is 12.1. The molecule has 0 saturated carbocycles. The quantitative estimate of drug-likeness (QED) is 0.313. The van der Waals surface area contributed by atoms with Gasteiger partial charge in [-0.25, -0.2) is 0 Å². The van der Waals surface area contributed by atoms with Crippen LogP contribution in [0.5, 0.6) is 0 Å². The molecular weight excluding hydrogens is 464 g/mol. The molecule has 0 radical (unpaired) electrons. The minimum absolute atomic E-state index is 0.337. The smallest absolute Gasteiger partial charge is 0.303 e. The van der Waals surface area contributed by atoms with Crippen LogP contribution in [0.3, 0.4) is 0 Å². The number of rotatable bonds is 8. The lowest BCUT2D eigenvalue weighted by Crippen LogP contribution is -2.58. The first-order chi connectivity index (χ1) is 15.9. The highest BCUT2D eigenvalue weighted by atomic mass is 16.8. The van der Waals surface area contributed by atoms with Crippen LogP contribution in [0.25, 0.3) is 0 Å². The highest BCUT2D eigenvalue weighted by Crippen LogP contribution is 2.32. The average Bonchev–Trinajstić information content (AvgIpc) is 2.99. The standard InChI is InChI=1S/C20H28O14/c1-8(21)27-6-13-16(30-10(3)23)18(32-12(5)25)20(33-13)34-14-7-28-19(26)17(31-11(4)24)15(14)29-9(2)22/h13-20,26H,6-7H2,1-5H3/t13-,14+,15-,16+,17-,18+,19-,20+/m1/s1. The van der Waals surface area contributed by atoms with Crippen LogP contribution in [0, 0.1) is 0 Å². The van der Waals surface area contributed by atoms with Crippen LogP contribution in [0.2, 0.25) is 0 Å². The Kier molecular flexibility index (Phi) is 9.73. The van der Waals surface area contributed by atoms with E-state index in [-0.39, 0.29) is 13.2 Å². The number of carbonyl (C=O) groups excluding carboxylic acids is 5. The van der Waals surface area contributed by atoms with E-state index < -0.39 is 79.1 Å². The Morgan fingerprint density at radius 2 is 1.24 bits per heavy atom. The summed E-state index contributed by atoms with van der Waals surface area (Å²) in [6, 6.07) is 0. The molecule has 0 spiro atoms. The van der Waals surface area contributed by atoms with Crippen LogP contribution >= 0.6 is 0 Å². The lowest BCUT2D eigenvalue weighted by atomic mass is 10.0. The first-order valence-corrected chi connectivity index (χ1v) is 10.3.